The summed E-state index contributed by atoms with van der Waals surface area (Å²) in [6, 6.07) is 3.07. The normalized spacial score (nSPS) is 16.1. The molecule has 1 atom stereocenters. The van der Waals surface area contributed by atoms with Crippen molar-refractivity contribution >= 4 is 17.7 Å². The molecule has 0 spiro atoms. The molecule has 1 fully saturated rings. The van der Waals surface area contributed by atoms with Crippen molar-refractivity contribution in [2.45, 2.75) is 13.0 Å². The zero-order chi connectivity index (χ0) is 16.2. The SMILES string of the molecule is CC(Nc1cc(-n2cccn2)nc(N)n1)C(=O)N1CCOCC1. The van der Waals surface area contributed by atoms with Crippen LogP contribution in [-0.4, -0.2) is 62.9 Å². The summed E-state index contributed by atoms with van der Waals surface area (Å²) in [7, 11) is 0. The molecular weight excluding hydrogens is 298 g/mol. The molecule has 23 heavy (non-hydrogen) atoms. The van der Waals surface area contributed by atoms with Crippen LogP contribution in [0.1, 0.15) is 6.92 Å². The van der Waals surface area contributed by atoms with Crippen LogP contribution in [0.3, 0.4) is 0 Å². The first-order chi connectivity index (χ1) is 11.1. The molecule has 1 unspecified atom stereocenters. The van der Waals surface area contributed by atoms with Crippen molar-refractivity contribution in [2.24, 2.45) is 0 Å². The minimum absolute atomic E-state index is 0.00567. The third kappa shape index (κ3) is 3.57. The van der Waals surface area contributed by atoms with Crippen LogP contribution >= 0.6 is 0 Å². The molecule has 0 aromatic carbocycles. The zero-order valence-electron chi connectivity index (χ0n) is 12.8. The van der Waals surface area contributed by atoms with Crippen molar-refractivity contribution in [3.8, 4) is 5.82 Å². The van der Waals surface area contributed by atoms with Gasteiger partial charge in [0.2, 0.25) is 11.9 Å². The monoisotopic (exact) mass is 317 g/mol. The first-order valence-electron chi connectivity index (χ1n) is 7.41. The van der Waals surface area contributed by atoms with Crippen LogP contribution < -0.4 is 11.1 Å². The summed E-state index contributed by atoms with van der Waals surface area (Å²) in [6.07, 6.45) is 3.41. The Balaban J connectivity index is 1.73. The van der Waals surface area contributed by atoms with Crippen molar-refractivity contribution in [1.82, 2.24) is 24.6 Å². The van der Waals surface area contributed by atoms with Gasteiger partial charge in [0.05, 0.1) is 13.2 Å². The van der Waals surface area contributed by atoms with E-state index in [1.165, 1.54) is 0 Å². The van der Waals surface area contributed by atoms with Crippen LogP contribution in [0.2, 0.25) is 0 Å². The van der Waals surface area contributed by atoms with Crippen molar-refractivity contribution in [3.63, 3.8) is 0 Å². The number of carbonyl (C=O) groups excluding carboxylic acids is 1. The summed E-state index contributed by atoms with van der Waals surface area (Å²) in [5.74, 6) is 1.14. The summed E-state index contributed by atoms with van der Waals surface area (Å²) in [4.78, 5) is 22.5. The van der Waals surface area contributed by atoms with E-state index in [2.05, 4.69) is 20.4 Å². The highest BCUT2D eigenvalue weighted by atomic mass is 16.5. The number of aromatic nitrogens is 4. The van der Waals surface area contributed by atoms with Gasteiger partial charge in [-0.3, -0.25) is 4.79 Å². The van der Waals surface area contributed by atoms with Crippen LogP contribution in [0, 0.1) is 0 Å². The maximum atomic E-state index is 12.4. The average molecular weight is 317 g/mol. The van der Waals surface area contributed by atoms with Crippen LogP contribution in [0.25, 0.3) is 5.82 Å². The summed E-state index contributed by atoms with van der Waals surface area (Å²) >= 11 is 0. The van der Waals surface area contributed by atoms with E-state index in [-0.39, 0.29) is 11.9 Å². The van der Waals surface area contributed by atoms with E-state index >= 15 is 0 Å². The first kappa shape index (κ1) is 15.2. The highest BCUT2D eigenvalue weighted by Gasteiger charge is 2.22. The minimum atomic E-state index is -0.423. The van der Waals surface area contributed by atoms with Crippen LogP contribution in [0.4, 0.5) is 11.8 Å². The van der Waals surface area contributed by atoms with Gasteiger partial charge < -0.3 is 20.7 Å². The molecule has 122 valence electrons. The molecule has 9 heteroatoms. The van der Waals surface area contributed by atoms with Gasteiger partial charge in [0.15, 0.2) is 5.82 Å². The quantitative estimate of drug-likeness (QED) is 0.810. The zero-order valence-corrected chi connectivity index (χ0v) is 12.8. The number of rotatable bonds is 4. The summed E-state index contributed by atoms with van der Waals surface area (Å²) in [5, 5.41) is 7.19. The average Bonchev–Trinajstić information content (AvgIpc) is 3.09. The number of ether oxygens (including phenoxy) is 1. The number of nitrogens with two attached hydrogens (primary N) is 1. The van der Waals surface area contributed by atoms with Gasteiger partial charge in [-0.25, -0.2) is 4.68 Å². The predicted octanol–water partition coefficient (Wildman–Crippen LogP) is -0.0963. The van der Waals surface area contributed by atoms with Gasteiger partial charge in [-0.15, -0.1) is 0 Å². The lowest BCUT2D eigenvalue weighted by atomic mass is 10.2. The highest BCUT2D eigenvalue weighted by Crippen LogP contribution is 2.13. The number of hydrogen-bond acceptors (Lipinski definition) is 7. The Bertz CT molecular complexity index is 668. The van der Waals surface area contributed by atoms with Crippen molar-refractivity contribution in [2.75, 3.05) is 37.4 Å². The van der Waals surface area contributed by atoms with Crippen LogP contribution in [-0.2, 0) is 9.53 Å². The molecule has 1 aliphatic heterocycles. The summed E-state index contributed by atoms with van der Waals surface area (Å²) in [6.45, 7) is 4.15. The van der Waals surface area contributed by atoms with Gasteiger partial charge in [-0.05, 0) is 13.0 Å². The van der Waals surface area contributed by atoms with E-state index in [1.54, 1.807) is 41.0 Å². The Morgan fingerprint density at radius 1 is 1.39 bits per heavy atom. The van der Waals surface area contributed by atoms with Crippen LogP contribution in [0.15, 0.2) is 24.5 Å². The Morgan fingerprint density at radius 3 is 2.87 bits per heavy atom. The number of carbonyl (C=O) groups is 1. The molecule has 9 nitrogen and oxygen atoms in total. The topological polar surface area (TPSA) is 111 Å². The van der Waals surface area contributed by atoms with Gasteiger partial charge in [0.1, 0.15) is 11.9 Å². The lowest BCUT2D eigenvalue weighted by Crippen LogP contribution is -2.47. The third-order valence-corrected chi connectivity index (χ3v) is 3.53. The smallest absolute Gasteiger partial charge is 0.244 e. The molecule has 2 aromatic heterocycles. The molecule has 1 amide bonds. The molecule has 0 aliphatic carbocycles. The van der Waals surface area contributed by atoms with E-state index < -0.39 is 6.04 Å². The molecule has 2 aromatic rings. The van der Waals surface area contributed by atoms with Gasteiger partial charge in [0, 0.05) is 31.5 Å². The van der Waals surface area contributed by atoms with Crippen molar-refractivity contribution in [1.29, 1.82) is 0 Å². The second-order valence-electron chi connectivity index (χ2n) is 5.22. The second-order valence-corrected chi connectivity index (χ2v) is 5.22. The van der Waals surface area contributed by atoms with Crippen molar-refractivity contribution in [3.05, 3.63) is 24.5 Å². The third-order valence-electron chi connectivity index (χ3n) is 3.53. The molecule has 0 bridgehead atoms. The Kier molecular flexibility index (Phi) is 4.38. The maximum absolute atomic E-state index is 12.4. The molecule has 3 N–H and O–H groups in total. The fourth-order valence-electron chi connectivity index (χ4n) is 2.39. The summed E-state index contributed by atoms with van der Waals surface area (Å²) in [5.41, 5.74) is 5.74. The van der Waals surface area contributed by atoms with Gasteiger partial charge >= 0.3 is 0 Å². The maximum Gasteiger partial charge on any atom is 0.244 e. The fourth-order valence-corrected chi connectivity index (χ4v) is 2.39. The molecule has 0 radical (unpaired) electrons. The standard InChI is InChI=1S/C14H19N7O2/c1-10(13(22)20-5-7-23-8-6-20)17-11-9-12(19-14(15)18-11)21-4-2-3-16-21/h2-4,9-10H,5-8H2,1H3,(H3,15,17,18,19). The largest absolute Gasteiger partial charge is 0.378 e. The molecule has 0 saturated carbocycles. The number of morpholine rings is 1. The van der Waals surface area contributed by atoms with Gasteiger partial charge in [-0.2, -0.15) is 15.1 Å². The first-order valence-corrected chi connectivity index (χ1v) is 7.41. The van der Waals surface area contributed by atoms with E-state index in [0.717, 1.165) is 0 Å². The van der Waals surface area contributed by atoms with E-state index in [1.807, 2.05) is 0 Å². The molecule has 1 saturated heterocycles. The molecule has 3 rings (SSSR count). The van der Waals surface area contributed by atoms with Gasteiger partial charge in [-0.1, -0.05) is 0 Å². The fraction of sp³-hybridized carbons (Fsp3) is 0.429. The van der Waals surface area contributed by atoms with E-state index in [0.29, 0.717) is 37.9 Å². The molecule has 1 aliphatic rings. The molecule has 3 heterocycles. The second kappa shape index (κ2) is 6.61. The number of nitrogens with one attached hydrogen (secondary N) is 1. The Hall–Kier alpha value is -2.68. The lowest BCUT2D eigenvalue weighted by Gasteiger charge is -2.29. The number of hydrogen-bond donors (Lipinski definition) is 2. The van der Waals surface area contributed by atoms with Crippen molar-refractivity contribution < 1.29 is 9.53 Å². The summed E-state index contributed by atoms with van der Waals surface area (Å²) < 4.78 is 6.84. The Labute approximate surface area is 133 Å². The lowest BCUT2D eigenvalue weighted by molar-refractivity contribution is -0.135. The number of nitrogen functional groups attached to an aromatic ring is 1. The van der Waals surface area contributed by atoms with E-state index in [4.69, 9.17) is 10.5 Å². The number of amides is 1. The molecular formula is C14H19N7O2. The Morgan fingerprint density at radius 2 is 2.17 bits per heavy atom. The minimum Gasteiger partial charge on any atom is -0.378 e. The van der Waals surface area contributed by atoms with Gasteiger partial charge in [0.25, 0.3) is 0 Å². The number of anilines is 2. The van der Waals surface area contributed by atoms with E-state index in [9.17, 15) is 4.79 Å². The number of nitrogens with zero attached hydrogens (tertiary/aromatic N) is 5. The highest BCUT2D eigenvalue weighted by molar-refractivity contribution is 5.84. The van der Waals surface area contributed by atoms with Crippen LogP contribution in [0.5, 0.6) is 0 Å². The predicted molar refractivity (Wildman–Crippen MR) is 84.1 cm³/mol.